The van der Waals surface area contributed by atoms with Crippen molar-refractivity contribution in [3.05, 3.63) is 35.9 Å². The molecule has 0 spiro atoms. The number of amides is 3. The summed E-state index contributed by atoms with van der Waals surface area (Å²) < 4.78 is 31.1. The summed E-state index contributed by atoms with van der Waals surface area (Å²) in [7, 11) is -3.83. The quantitative estimate of drug-likeness (QED) is 0.218. The molecule has 2 aliphatic heterocycles. The van der Waals surface area contributed by atoms with Gasteiger partial charge in [0, 0.05) is 13.1 Å². The van der Waals surface area contributed by atoms with Crippen molar-refractivity contribution < 1.29 is 42.5 Å². The van der Waals surface area contributed by atoms with Crippen molar-refractivity contribution in [3.8, 4) is 0 Å². The average molecular weight is 569 g/mol. The van der Waals surface area contributed by atoms with E-state index in [1.54, 1.807) is 0 Å². The van der Waals surface area contributed by atoms with Crippen LogP contribution in [0.2, 0.25) is 0 Å². The molecule has 3 amide bonds. The van der Waals surface area contributed by atoms with Crippen molar-refractivity contribution in [2.45, 2.75) is 63.4 Å². The Balaban J connectivity index is 1.64. The van der Waals surface area contributed by atoms with Crippen LogP contribution in [-0.4, -0.2) is 108 Å². The zero-order valence-corrected chi connectivity index (χ0v) is 22.6. The van der Waals surface area contributed by atoms with E-state index in [-0.39, 0.29) is 18.9 Å². The SMILES string of the molecule is CCS(=O)(=O)N[C@@H](CO)C(=O)N[C@@H](CO)C(=O)N1CCC[C@H]1C(=O)N1CCC[C@H]1C(=O)OCc1ccccc1. The first-order chi connectivity index (χ1) is 18.6. The Hall–Kier alpha value is -3.07. The van der Waals surface area contributed by atoms with Crippen LogP contribution in [0.5, 0.6) is 0 Å². The highest BCUT2D eigenvalue weighted by molar-refractivity contribution is 7.89. The fraction of sp³-hybridized carbons (Fsp3) is 0.600. The van der Waals surface area contributed by atoms with Crippen LogP contribution in [0.15, 0.2) is 30.3 Å². The number of benzene rings is 1. The average Bonchev–Trinajstić information content (AvgIpc) is 3.63. The van der Waals surface area contributed by atoms with Gasteiger partial charge in [0.25, 0.3) is 0 Å². The summed E-state index contributed by atoms with van der Waals surface area (Å²) in [5.74, 6) is -2.98. The lowest BCUT2D eigenvalue weighted by atomic mass is 10.1. The highest BCUT2D eigenvalue weighted by Gasteiger charge is 2.44. The maximum atomic E-state index is 13.5. The molecular weight excluding hydrogens is 532 g/mol. The van der Waals surface area contributed by atoms with Gasteiger partial charge < -0.3 is 30.1 Å². The third-order valence-electron chi connectivity index (χ3n) is 6.85. The lowest BCUT2D eigenvalue weighted by Crippen LogP contribution is -2.59. The number of hydrogen-bond acceptors (Lipinski definition) is 9. The van der Waals surface area contributed by atoms with Crippen molar-refractivity contribution in [1.82, 2.24) is 19.8 Å². The molecule has 0 bridgehead atoms. The van der Waals surface area contributed by atoms with Crippen molar-refractivity contribution in [1.29, 1.82) is 0 Å². The van der Waals surface area contributed by atoms with Crippen molar-refractivity contribution in [2.24, 2.45) is 0 Å². The third kappa shape index (κ3) is 7.75. The van der Waals surface area contributed by atoms with Gasteiger partial charge in [-0.05, 0) is 38.2 Å². The molecule has 2 heterocycles. The van der Waals surface area contributed by atoms with Gasteiger partial charge in [0.05, 0.1) is 19.0 Å². The first-order valence-corrected chi connectivity index (χ1v) is 14.6. The molecule has 2 aliphatic rings. The van der Waals surface area contributed by atoms with E-state index in [1.807, 2.05) is 35.1 Å². The van der Waals surface area contributed by atoms with Gasteiger partial charge in [-0.3, -0.25) is 14.4 Å². The molecule has 0 saturated carbocycles. The van der Waals surface area contributed by atoms with E-state index >= 15 is 0 Å². The molecule has 216 valence electrons. The van der Waals surface area contributed by atoms with E-state index in [0.717, 1.165) is 5.56 Å². The summed E-state index contributed by atoms with van der Waals surface area (Å²) >= 11 is 0. The molecule has 2 saturated heterocycles. The third-order valence-corrected chi connectivity index (χ3v) is 8.25. The Bertz CT molecular complexity index is 1130. The fourth-order valence-electron chi connectivity index (χ4n) is 4.71. The summed E-state index contributed by atoms with van der Waals surface area (Å²) in [6, 6.07) is 4.48. The number of aliphatic hydroxyl groups is 2. The number of sulfonamides is 1. The predicted octanol–water partition coefficient (Wildman–Crippen LogP) is -1.51. The zero-order valence-electron chi connectivity index (χ0n) is 21.8. The second kappa shape index (κ2) is 13.8. The monoisotopic (exact) mass is 568 g/mol. The van der Waals surface area contributed by atoms with Gasteiger partial charge in [-0.1, -0.05) is 30.3 Å². The maximum absolute atomic E-state index is 13.5. The second-order valence-corrected chi connectivity index (χ2v) is 11.5. The number of esters is 1. The minimum atomic E-state index is -3.83. The Morgan fingerprint density at radius 1 is 0.974 bits per heavy atom. The van der Waals surface area contributed by atoms with Crippen molar-refractivity contribution in [3.63, 3.8) is 0 Å². The van der Waals surface area contributed by atoms with Crippen LogP contribution in [0, 0.1) is 0 Å². The molecule has 0 aliphatic carbocycles. The van der Waals surface area contributed by atoms with Gasteiger partial charge in [0.1, 0.15) is 30.8 Å². The van der Waals surface area contributed by atoms with Crippen LogP contribution in [-0.2, 0) is 40.5 Å². The first kappa shape index (κ1) is 30.5. The van der Waals surface area contributed by atoms with Gasteiger partial charge >= 0.3 is 5.97 Å². The number of carbonyl (C=O) groups excluding carboxylic acids is 4. The molecule has 3 rings (SSSR count). The molecule has 1 aromatic rings. The zero-order chi connectivity index (χ0) is 28.6. The number of nitrogens with zero attached hydrogens (tertiary/aromatic N) is 2. The molecular formula is C25H36N4O9S. The number of hydrogen-bond donors (Lipinski definition) is 4. The maximum Gasteiger partial charge on any atom is 0.329 e. The van der Waals surface area contributed by atoms with Crippen LogP contribution in [0.25, 0.3) is 0 Å². The number of aliphatic hydroxyl groups excluding tert-OH is 2. The molecule has 1 aromatic carbocycles. The molecule has 13 nitrogen and oxygen atoms in total. The van der Waals surface area contributed by atoms with Gasteiger partial charge in [-0.15, -0.1) is 0 Å². The van der Waals surface area contributed by atoms with Crippen LogP contribution in [0.4, 0.5) is 0 Å². The number of ether oxygens (including phenoxy) is 1. The van der Waals surface area contributed by atoms with E-state index in [4.69, 9.17) is 4.74 Å². The largest absolute Gasteiger partial charge is 0.459 e. The van der Waals surface area contributed by atoms with Crippen molar-refractivity contribution >= 4 is 33.7 Å². The summed E-state index contributed by atoms with van der Waals surface area (Å²) in [5, 5.41) is 21.6. The number of nitrogens with one attached hydrogen (secondary N) is 2. The van der Waals surface area contributed by atoms with Gasteiger partial charge in [-0.2, -0.15) is 0 Å². The summed E-state index contributed by atoms with van der Waals surface area (Å²) in [5.41, 5.74) is 0.817. The fourth-order valence-corrected chi connectivity index (χ4v) is 5.49. The Labute approximate surface area is 227 Å². The summed E-state index contributed by atoms with van der Waals surface area (Å²) in [4.78, 5) is 54.8. The van der Waals surface area contributed by atoms with Crippen LogP contribution >= 0.6 is 0 Å². The van der Waals surface area contributed by atoms with Crippen LogP contribution < -0.4 is 10.0 Å². The molecule has 14 heteroatoms. The molecule has 0 aromatic heterocycles. The highest BCUT2D eigenvalue weighted by atomic mass is 32.2. The normalized spacial score (nSPS) is 20.9. The molecule has 0 radical (unpaired) electrons. The van der Waals surface area contributed by atoms with E-state index in [1.165, 1.54) is 16.7 Å². The first-order valence-electron chi connectivity index (χ1n) is 13.0. The topological polar surface area (TPSA) is 183 Å². The molecule has 2 fully saturated rings. The van der Waals surface area contributed by atoms with Crippen molar-refractivity contribution in [2.75, 3.05) is 32.1 Å². The summed E-state index contributed by atoms with van der Waals surface area (Å²) in [6.07, 6.45) is 1.88. The standard InChI is InChI=1S/C25H36N4O9S/c1-2-39(36,37)27-18(14-30)22(32)26-19(15-31)23(33)28-12-6-10-20(28)24(34)29-13-7-11-21(29)25(35)38-16-17-8-4-3-5-9-17/h3-5,8-9,18-21,27,30-31H,2,6-7,10-16H2,1H3,(H,26,32)/t18-,19-,20-,21-/m0/s1. The Kier molecular flexibility index (Phi) is 10.8. The van der Waals surface area contributed by atoms with Crippen LogP contribution in [0.1, 0.15) is 38.2 Å². The van der Waals surface area contributed by atoms with Gasteiger partial charge in [-0.25, -0.2) is 17.9 Å². The number of rotatable bonds is 12. The number of carbonyl (C=O) groups is 4. The lowest BCUT2D eigenvalue weighted by molar-refractivity contribution is -0.157. The lowest BCUT2D eigenvalue weighted by Gasteiger charge is -2.32. The highest BCUT2D eigenvalue weighted by Crippen LogP contribution is 2.26. The molecule has 4 atom stereocenters. The van der Waals surface area contributed by atoms with E-state index in [0.29, 0.717) is 32.2 Å². The Morgan fingerprint density at radius 2 is 1.59 bits per heavy atom. The Morgan fingerprint density at radius 3 is 2.21 bits per heavy atom. The van der Waals surface area contributed by atoms with E-state index < -0.39 is 71.1 Å². The van der Waals surface area contributed by atoms with Gasteiger partial charge in [0.2, 0.25) is 27.7 Å². The predicted molar refractivity (Wildman–Crippen MR) is 138 cm³/mol. The van der Waals surface area contributed by atoms with E-state index in [9.17, 15) is 37.8 Å². The van der Waals surface area contributed by atoms with E-state index in [2.05, 4.69) is 5.32 Å². The van der Waals surface area contributed by atoms with Crippen LogP contribution in [0.3, 0.4) is 0 Å². The molecule has 39 heavy (non-hydrogen) atoms. The smallest absolute Gasteiger partial charge is 0.329 e. The number of likely N-dealkylation sites (tertiary alicyclic amines) is 2. The molecule has 4 N–H and O–H groups in total. The van der Waals surface area contributed by atoms with Gasteiger partial charge in [0.15, 0.2) is 0 Å². The second-order valence-electron chi connectivity index (χ2n) is 9.47. The minimum absolute atomic E-state index is 0.0768. The minimum Gasteiger partial charge on any atom is -0.459 e. The summed E-state index contributed by atoms with van der Waals surface area (Å²) in [6.45, 7) is 0.293. The molecule has 0 unspecified atom stereocenters.